The second-order valence-corrected chi connectivity index (χ2v) is 8.62. The van der Waals surface area contributed by atoms with E-state index in [9.17, 15) is 28.3 Å². The summed E-state index contributed by atoms with van der Waals surface area (Å²) in [6.45, 7) is 0. The first-order chi connectivity index (χ1) is 15.2. The third-order valence-corrected chi connectivity index (χ3v) is 6.37. The predicted octanol–water partition coefficient (Wildman–Crippen LogP) is 3.72. The lowest BCUT2D eigenvalue weighted by molar-refractivity contribution is -0.255. The number of fused-ring (bicyclic) bond motifs is 2. The highest BCUT2D eigenvalue weighted by Crippen LogP contribution is 2.44. The summed E-state index contributed by atoms with van der Waals surface area (Å²) in [5.74, 6) is 0.597. The third-order valence-electron chi connectivity index (χ3n) is 6.37. The van der Waals surface area contributed by atoms with Gasteiger partial charge in [-0.15, -0.1) is 0 Å². The molecule has 0 saturated heterocycles. The summed E-state index contributed by atoms with van der Waals surface area (Å²) in [4.78, 5) is 15.2. The van der Waals surface area contributed by atoms with Crippen LogP contribution < -0.4 is 10.9 Å². The molecule has 3 aromatic rings. The molecule has 1 fully saturated rings. The quantitative estimate of drug-likeness (QED) is 0.557. The highest BCUT2D eigenvalue weighted by atomic mass is 19.4. The number of aromatic nitrogens is 3. The van der Waals surface area contributed by atoms with E-state index in [1.54, 1.807) is 28.9 Å². The van der Waals surface area contributed by atoms with E-state index in [4.69, 9.17) is 0 Å². The van der Waals surface area contributed by atoms with Crippen molar-refractivity contribution in [2.24, 2.45) is 5.92 Å². The van der Waals surface area contributed by atoms with Crippen LogP contribution in [-0.4, -0.2) is 31.6 Å². The van der Waals surface area contributed by atoms with Gasteiger partial charge in [-0.3, -0.25) is 9.48 Å². The number of hydrogen-bond donors (Lipinski definition) is 3. The van der Waals surface area contributed by atoms with E-state index < -0.39 is 24.6 Å². The molecule has 0 bridgehead atoms. The SMILES string of the molecule is N#CCC(C1CC1)n1nc(Nc2ccc3c(c2)C[C@@](O)(C(F)(F)F)C3)c2c(=O)[nH]ccc21. The standard InChI is InChI=1S/C22H20F3N5O2/c23-22(24,25)21(32)10-13-3-4-15(9-14(13)11-21)28-19-18-17(6-8-27-20(18)31)30(29-19)16(5-7-26)12-1-2-12/h3-4,6,8-9,12,16,32H,1-2,5,10-11H2,(H,27,31)(H,28,29)/t16?,21-/m1/s1. The topological polar surface area (TPSA) is 107 Å². The van der Waals surface area contributed by atoms with Crippen LogP contribution in [0.25, 0.3) is 10.9 Å². The Balaban J connectivity index is 1.52. The van der Waals surface area contributed by atoms with Crippen molar-refractivity contribution in [3.8, 4) is 6.07 Å². The smallest absolute Gasteiger partial charge is 0.380 e. The van der Waals surface area contributed by atoms with E-state index in [1.165, 1.54) is 6.20 Å². The fourth-order valence-electron chi connectivity index (χ4n) is 4.54. The Bertz CT molecular complexity index is 1300. The molecule has 3 N–H and O–H groups in total. The van der Waals surface area contributed by atoms with Crippen LogP contribution in [0.2, 0.25) is 0 Å². The van der Waals surface area contributed by atoms with Crippen LogP contribution in [0, 0.1) is 17.2 Å². The first kappa shape index (κ1) is 20.6. The number of anilines is 2. The highest BCUT2D eigenvalue weighted by Gasteiger charge is 2.56. The summed E-state index contributed by atoms with van der Waals surface area (Å²) in [6, 6.07) is 8.48. The zero-order valence-electron chi connectivity index (χ0n) is 16.9. The summed E-state index contributed by atoms with van der Waals surface area (Å²) in [7, 11) is 0. The number of pyridine rings is 1. The number of hydrogen-bond acceptors (Lipinski definition) is 5. The number of nitrogens with zero attached hydrogens (tertiary/aromatic N) is 3. The van der Waals surface area contributed by atoms with Gasteiger partial charge in [-0.2, -0.15) is 23.5 Å². The van der Waals surface area contributed by atoms with Gasteiger partial charge in [0, 0.05) is 24.7 Å². The number of nitrogens with one attached hydrogen (secondary N) is 2. The van der Waals surface area contributed by atoms with Crippen LogP contribution >= 0.6 is 0 Å². The summed E-state index contributed by atoms with van der Waals surface area (Å²) >= 11 is 0. The molecule has 166 valence electrons. The molecule has 1 aromatic carbocycles. The number of rotatable bonds is 5. The Labute approximate surface area is 180 Å². The third kappa shape index (κ3) is 3.33. The molecule has 0 aliphatic heterocycles. The van der Waals surface area contributed by atoms with Crippen molar-refractivity contribution in [1.29, 1.82) is 5.26 Å². The average molecular weight is 443 g/mol. The molecule has 7 nitrogen and oxygen atoms in total. The number of benzene rings is 1. The summed E-state index contributed by atoms with van der Waals surface area (Å²) in [5, 5.41) is 27.3. The van der Waals surface area contributed by atoms with Gasteiger partial charge in [0.15, 0.2) is 11.4 Å². The lowest BCUT2D eigenvalue weighted by atomic mass is 10.0. The van der Waals surface area contributed by atoms with Crippen LogP contribution in [-0.2, 0) is 12.8 Å². The number of H-pyrrole nitrogens is 1. The van der Waals surface area contributed by atoms with Crippen molar-refractivity contribution in [2.45, 2.75) is 49.9 Å². The van der Waals surface area contributed by atoms with Gasteiger partial charge in [-0.25, -0.2) is 0 Å². The summed E-state index contributed by atoms with van der Waals surface area (Å²) in [6.07, 6.45) is -1.96. The minimum atomic E-state index is -4.72. The minimum Gasteiger partial charge on any atom is -0.380 e. The molecular formula is C22H20F3N5O2. The Hall–Kier alpha value is -3.32. The van der Waals surface area contributed by atoms with Crippen molar-refractivity contribution in [3.05, 3.63) is 51.9 Å². The van der Waals surface area contributed by atoms with E-state index in [1.807, 2.05) is 0 Å². The van der Waals surface area contributed by atoms with Gasteiger partial charge >= 0.3 is 6.18 Å². The first-order valence-electron chi connectivity index (χ1n) is 10.3. The minimum absolute atomic E-state index is 0.151. The molecule has 32 heavy (non-hydrogen) atoms. The predicted molar refractivity (Wildman–Crippen MR) is 110 cm³/mol. The van der Waals surface area contributed by atoms with Crippen LogP contribution in [0.1, 0.15) is 36.4 Å². The lowest BCUT2D eigenvalue weighted by Crippen LogP contribution is -2.45. The molecule has 2 atom stereocenters. The molecule has 0 spiro atoms. The Morgan fingerprint density at radius 3 is 2.75 bits per heavy atom. The van der Waals surface area contributed by atoms with Gasteiger partial charge in [0.2, 0.25) is 0 Å². The number of aromatic amines is 1. The maximum atomic E-state index is 13.2. The summed E-state index contributed by atoms with van der Waals surface area (Å²) < 4.78 is 41.5. The molecule has 2 aromatic heterocycles. The molecule has 2 aliphatic carbocycles. The van der Waals surface area contributed by atoms with Crippen molar-refractivity contribution in [3.63, 3.8) is 0 Å². The normalized spacial score (nSPS) is 21.3. The average Bonchev–Trinajstić information content (AvgIpc) is 3.41. The van der Waals surface area contributed by atoms with Crippen LogP contribution in [0.15, 0.2) is 35.3 Å². The molecule has 2 aliphatic rings. The largest absolute Gasteiger partial charge is 0.417 e. The fourth-order valence-corrected chi connectivity index (χ4v) is 4.54. The van der Waals surface area contributed by atoms with Crippen molar-refractivity contribution in [1.82, 2.24) is 14.8 Å². The fraction of sp³-hybridized carbons (Fsp3) is 0.409. The van der Waals surface area contributed by atoms with Gasteiger partial charge < -0.3 is 15.4 Å². The zero-order chi connectivity index (χ0) is 22.7. The van der Waals surface area contributed by atoms with Gasteiger partial charge in [0.1, 0.15) is 5.39 Å². The van der Waals surface area contributed by atoms with Crippen molar-refractivity contribution >= 4 is 22.4 Å². The van der Waals surface area contributed by atoms with Crippen LogP contribution in [0.5, 0.6) is 0 Å². The molecular weight excluding hydrogens is 423 g/mol. The second kappa shape index (κ2) is 7.10. The lowest BCUT2D eigenvalue weighted by Gasteiger charge is -2.25. The Morgan fingerprint density at radius 1 is 1.31 bits per heavy atom. The number of halogens is 3. The first-order valence-corrected chi connectivity index (χ1v) is 10.3. The van der Waals surface area contributed by atoms with Gasteiger partial charge in [0.05, 0.1) is 24.0 Å². The molecule has 1 unspecified atom stereocenters. The van der Waals surface area contributed by atoms with E-state index >= 15 is 0 Å². The molecule has 2 heterocycles. The van der Waals surface area contributed by atoms with Crippen molar-refractivity contribution < 1.29 is 18.3 Å². The number of aliphatic hydroxyl groups is 1. The van der Waals surface area contributed by atoms with Gasteiger partial charge in [-0.05, 0) is 48.1 Å². The van der Waals surface area contributed by atoms with E-state index in [2.05, 4.69) is 21.5 Å². The van der Waals surface area contributed by atoms with Crippen LogP contribution in [0.4, 0.5) is 24.7 Å². The molecule has 5 rings (SSSR count). The van der Waals surface area contributed by atoms with Gasteiger partial charge in [0.25, 0.3) is 5.56 Å². The number of alkyl halides is 3. The van der Waals surface area contributed by atoms with Crippen LogP contribution in [0.3, 0.4) is 0 Å². The van der Waals surface area contributed by atoms with E-state index in [0.29, 0.717) is 33.6 Å². The Morgan fingerprint density at radius 2 is 2.06 bits per heavy atom. The highest BCUT2D eigenvalue weighted by molar-refractivity contribution is 5.91. The van der Waals surface area contributed by atoms with Gasteiger partial charge in [-0.1, -0.05) is 6.07 Å². The van der Waals surface area contributed by atoms with Crippen molar-refractivity contribution in [2.75, 3.05) is 5.32 Å². The summed E-state index contributed by atoms with van der Waals surface area (Å²) in [5.41, 5.74) is -1.23. The molecule has 1 saturated carbocycles. The second-order valence-electron chi connectivity index (χ2n) is 8.62. The van der Waals surface area contributed by atoms with E-state index in [-0.39, 0.29) is 23.8 Å². The monoisotopic (exact) mass is 443 g/mol. The molecule has 0 radical (unpaired) electrons. The molecule has 10 heteroatoms. The molecule has 0 amide bonds. The zero-order valence-corrected chi connectivity index (χ0v) is 16.9. The Kier molecular flexibility index (Phi) is 4.57. The maximum Gasteiger partial charge on any atom is 0.417 e. The maximum absolute atomic E-state index is 13.2. The number of nitriles is 1. The van der Waals surface area contributed by atoms with E-state index in [0.717, 1.165) is 12.8 Å².